The molecule has 1 aliphatic heterocycles. The van der Waals surface area contributed by atoms with Gasteiger partial charge in [-0.05, 0) is 31.9 Å². The Hall–Kier alpha value is -2.63. The molecule has 3 heterocycles. The lowest BCUT2D eigenvalue weighted by Crippen LogP contribution is -2.30. The summed E-state index contributed by atoms with van der Waals surface area (Å²) in [6, 6.07) is 9.22. The van der Waals surface area contributed by atoms with E-state index in [-0.39, 0.29) is 11.9 Å². The first-order chi connectivity index (χ1) is 10.7. The van der Waals surface area contributed by atoms with Gasteiger partial charge in [0.15, 0.2) is 11.6 Å². The van der Waals surface area contributed by atoms with E-state index >= 15 is 0 Å². The number of hydrogen-bond donors (Lipinski definition) is 0. The molecule has 1 saturated heterocycles. The highest BCUT2D eigenvalue weighted by molar-refractivity contribution is 5.96. The topological polar surface area (TPSA) is 72.4 Å². The number of aryl methyl sites for hydroxylation is 1. The minimum absolute atomic E-state index is 0.130. The van der Waals surface area contributed by atoms with E-state index in [1.165, 1.54) is 0 Å². The Morgan fingerprint density at radius 2 is 2.23 bits per heavy atom. The molecular formula is C16H15N3O3. The molecule has 1 unspecified atom stereocenters. The van der Waals surface area contributed by atoms with Gasteiger partial charge in [0, 0.05) is 11.9 Å². The zero-order chi connectivity index (χ0) is 15.1. The van der Waals surface area contributed by atoms with Crippen molar-refractivity contribution in [3.63, 3.8) is 0 Å². The molecule has 22 heavy (non-hydrogen) atoms. The summed E-state index contributed by atoms with van der Waals surface area (Å²) in [6.45, 7) is 2.44. The van der Waals surface area contributed by atoms with Gasteiger partial charge in [-0.25, -0.2) is 0 Å². The Morgan fingerprint density at radius 3 is 3.00 bits per heavy atom. The third-order valence-electron chi connectivity index (χ3n) is 3.98. The van der Waals surface area contributed by atoms with Gasteiger partial charge in [-0.15, -0.1) is 0 Å². The molecule has 0 bridgehead atoms. The lowest BCUT2D eigenvalue weighted by atomic mass is 10.2. The summed E-state index contributed by atoms with van der Waals surface area (Å²) in [4.78, 5) is 18.8. The number of likely N-dealkylation sites (tertiary alicyclic amines) is 1. The van der Waals surface area contributed by atoms with Crippen molar-refractivity contribution in [3.05, 3.63) is 47.8 Å². The zero-order valence-corrected chi connectivity index (χ0v) is 12.2. The SMILES string of the molecule is Cc1noc(C2CCCN2C(=O)c2cc3ccccc3o2)n1. The fourth-order valence-corrected chi connectivity index (χ4v) is 2.94. The van der Waals surface area contributed by atoms with Gasteiger partial charge in [0.05, 0.1) is 0 Å². The second-order valence-electron chi connectivity index (χ2n) is 5.48. The Morgan fingerprint density at radius 1 is 1.36 bits per heavy atom. The predicted molar refractivity (Wildman–Crippen MR) is 78.3 cm³/mol. The summed E-state index contributed by atoms with van der Waals surface area (Å²) in [5.74, 6) is 1.30. The Kier molecular flexibility index (Phi) is 2.96. The summed E-state index contributed by atoms with van der Waals surface area (Å²) in [6.07, 6.45) is 1.74. The zero-order valence-electron chi connectivity index (χ0n) is 12.2. The first-order valence-corrected chi connectivity index (χ1v) is 7.32. The van der Waals surface area contributed by atoms with Crippen LogP contribution in [0.3, 0.4) is 0 Å². The molecule has 1 amide bonds. The monoisotopic (exact) mass is 297 g/mol. The number of carbonyl (C=O) groups excluding carboxylic acids is 1. The average molecular weight is 297 g/mol. The van der Waals surface area contributed by atoms with Crippen LogP contribution in [0.4, 0.5) is 0 Å². The molecule has 4 rings (SSSR count). The van der Waals surface area contributed by atoms with Crippen molar-refractivity contribution in [2.24, 2.45) is 0 Å². The van der Waals surface area contributed by atoms with Crippen molar-refractivity contribution >= 4 is 16.9 Å². The van der Waals surface area contributed by atoms with Gasteiger partial charge in [0.25, 0.3) is 5.91 Å². The molecule has 112 valence electrons. The van der Waals surface area contributed by atoms with Crippen LogP contribution in [0.5, 0.6) is 0 Å². The van der Waals surface area contributed by atoms with Crippen LogP contribution < -0.4 is 0 Å². The standard InChI is InChI=1S/C16H15N3O3/c1-10-17-15(22-18-10)12-6-4-8-19(12)16(20)14-9-11-5-2-3-7-13(11)21-14/h2-3,5,7,9,12H,4,6,8H2,1H3. The molecule has 3 aromatic rings. The first-order valence-electron chi connectivity index (χ1n) is 7.32. The van der Waals surface area contributed by atoms with Crippen LogP contribution in [0.25, 0.3) is 11.0 Å². The molecule has 1 atom stereocenters. The summed E-state index contributed by atoms with van der Waals surface area (Å²) in [5.41, 5.74) is 0.718. The van der Waals surface area contributed by atoms with Crippen LogP contribution in [0.15, 0.2) is 39.3 Å². The molecule has 6 nitrogen and oxygen atoms in total. The minimum Gasteiger partial charge on any atom is -0.451 e. The van der Waals surface area contributed by atoms with Gasteiger partial charge in [-0.1, -0.05) is 23.4 Å². The van der Waals surface area contributed by atoms with Crippen molar-refractivity contribution in [1.29, 1.82) is 0 Å². The molecule has 0 aliphatic carbocycles. The number of amides is 1. The highest BCUT2D eigenvalue weighted by Gasteiger charge is 2.35. The van der Waals surface area contributed by atoms with Gasteiger partial charge in [0.1, 0.15) is 11.6 Å². The number of hydrogen-bond acceptors (Lipinski definition) is 5. The van der Waals surface area contributed by atoms with Crippen molar-refractivity contribution < 1.29 is 13.7 Å². The van der Waals surface area contributed by atoms with Crippen molar-refractivity contribution in [3.8, 4) is 0 Å². The van der Waals surface area contributed by atoms with E-state index < -0.39 is 0 Å². The van der Waals surface area contributed by atoms with Crippen LogP contribution in [0.1, 0.15) is 41.2 Å². The van der Waals surface area contributed by atoms with Crippen LogP contribution in [-0.4, -0.2) is 27.5 Å². The van der Waals surface area contributed by atoms with E-state index in [0.29, 0.717) is 24.0 Å². The number of carbonyl (C=O) groups is 1. The summed E-state index contributed by atoms with van der Waals surface area (Å²) in [7, 11) is 0. The van der Waals surface area contributed by atoms with E-state index in [1.807, 2.05) is 24.3 Å². The number of fused-ring (bicyclic) bond motifs is 1. The van der Waals surface area contributed by atoms with Crippen molar-refractivity contribution in [1.82, 2.24) is 15.0 Å². The highest BCUT2D eigenvalue weighted by Crippen LogP contribution is 2.33. The van der Waals surface area contributed by atoms with Gasteiger partial charge >= 0.3 is 0 Å². The molecular weight excluding hydrogens is 282 g/mol. The molecule has 0 radical (unpaired) electrons. The Labute approximate surface area is 126 Å². The molecule has 0 saturated carbocycles. The summed E-state index contributed by atoms with van der Waals surface area (Å²) >= 11 is 0. The number of furan rings is 1. The van der Waals surface area contributed by atoms with E-state index in [4.69, 9.17) is 8.94 Å². The second-order valence-corrected chi connectivity index (χ2v) is 5.48. The number of rotatable bonds is 2. The maximum absolute atomic E-state index is 12.7. The van der Waals surface area contributed by atoms with Crippen LogP contribution in [-0.2, 0) is 0 Å². The third-order valence-corrected chi connectivity index (χ3v) is 3.98. The van der Waals surface area contributed by atoms with Crippen LogP contribution >= 0.6 is 0 Å². The number of aromatic nitrogens is 2. The van der Waals surface area contributed by atoms with Crippen LogP contribution in [0.2, 0.25) is 0 Å². The van der Waals surface area contributed by atoms with Gasteiger partial charge < -0.3 is 13.8 Å². The molecule has 0 N–H and O–H groups in total. The highest BCUT2D eigenvalue weighted by atomic mass is 16.5. The molecule has 0 spiro atoms. The maximum Gasteiger partial charge on any atom is 0.290 e. The van der Waals surface area contributed by atoms with E-state index in [9.17, 15) is 4.79 Å². The second kappa shape index (κ2) is 4.98. The van der Waals surface area contributed by atoms with Gasteiger partial charge in [-0.2, -0.15) is 4.98 Å². The Bertz CT molecular complexity index is 803. The molecule has 1 aromatic carbocycles. The van der Waals surface area contributed by atoms with Crippen molar-refractivity contribution in [2.75, 3.05) is 6.54 Å². The first kappa shape index (κ1) is 13.1. The third kappa shape index (κ3) is 2.07. The quantitative estimate of drug-likeness (QED) is 0.726. The van der Waals surface area contributed by atoms with E-state index in [2.05, 4.69) is 10.1 Å². The molecule has 2 aromatic heterocycles. The van der Waals surface area contributed by atoms with E-state index in [1.54, 1.807) is 17.9 Å². The largest absolute Gasteiger partial charge is 0.451 e. The predicted octanol–water partition coefficient (Wildman–Crippen LogP) is 3.10. The summed E-state index contributed by atoms with van der Waals surface area (Å²) < 4.78 is 10.9. The fourth-order valence-electron chi connectivity index (χ4n) is 2.94. The van der Waals surface area contributed by atoms with Gasteiger partial charge in [-0.3, -0.25) is 4.79 Å². The molecule has 6 heteroatoms. The average Bonchev–Trinajstić information content (AvgIpc) is 3.24. The normalized spacial score (nSPS) is 18.2. The minimum atomic E-state index is -0.165. The van der Waals surface area contributed by atoms with Gasteiger partial charge in [0.2, 0.25) is 5.89 Å². The lowest BCUT2D eigenvalue weighted by molar-refractivity contribution is 0.0680. The molecule has 1 fully saturated rings. The summed E-state index contributed by atoms with van der Waals surface area (Å²) in [5, 5.41) is 4.74. The molecule has 1 aliphatic rings. The van der Waals surface area contributed by atoms with E-state index in [0.717, 1.165) is 23.8 Å². The van der Waals surface area contributed by atoms with Crippen LogP contribution in [0, 0.1) is 6.92 Å². The number of nitrogens with zero attached hydrogens (tertiary/aromatic N) is 3. The van der Waals surface area contributed by atoms with Crippen molar-refractivity contribution in [2.45, 2.75) is 25.8 Å². The maximum atomic E-state index is 12.7. The smallest absolute Gasteiger partial charge is 0.290 e. The lowest BCUT2D eigenvalue weighted by Gasteiger charge is -2.20. The number of benzene rings is 1. The number of para-hydroxylation sites is 1. The fraction of sp³-hybridized carbons (Fsp3) is 0.312. The Balaban J connectivity index is 1.66.